The number of carbonyl (C=O) groups excluding carboxylic acids is 1. The lowest BCUT2D eigenvalue weighted by Gasteiger charge is -2.21. The zero-order valence-electron chi connectivity index (χ0n) is 17.2. The SMILES string of the molecule is CON=C1C[C@@H](c2nc(CCO)no2)N(C(=O)c2ccc(-c3ccc(F)cc3Cl)cc2)C1. The fraction of sp³-hybridized carbons (Fsp3) is 0.273. The Bertz CT molecular complexity index is 1150. The van der Waals surface area contributed by atoms with Gasteiger partial charge in [-0.25, -0.2) is 4.39 Å². The van der Waals surface area contributed by atoms with Gasteiger partial charge in [-0.15, -0.1) is 0 Å². The van der Waals surface area contributed by atoms with Crippen LogP contribution in [0.1, 0.15) is 34.5 Å². The van der Waals surface area contributed by atoms with Gasteiger partial charge in [0.05, 0.1) is 23.9 Å². The van der Waals surface area contributed by atoms with Crippen LogP contribution < -0.4 is 0 Å². The zero-order valence-corrected chi connectivity index (χ0v) is 17.9. The van der Waals surface area contributed by atoms with Crippen LogP contribution in [0.25, 0.3) is 11.1 Å². The maximum absolute atomic E-state index is 13.3. The minimum Gasteiger partial charge on any atom is -0.399 e. The second-order valence-electron chi connectivity index (χ2n) is 7.22. The van der Waals surface area contributed by atoms with Gasteiger partial charge < -0.3 is 19.4 Å². The number of halogens is 2. The molecule has 4 rings (SSSR count). The van der Waals surface area contributed by atoms with E-state index in [4.69, 9.17) is 26.1 Å². The number of nitrogens with zero attached hydrogens (tertiary/aromatic N) is 4. The standard InChI is InChI=1S/C22H20ClFN4O4/c1-31-26-16-11-19(21-25-20(8-9-29)27-32-21)28(12-16)22(30)14-4-2-13(3-5-14)17-7-6-15(24)10-18(17)23/h2-7,10,19,29H,8-9,11-12H2,1H3/t19-/m0/s1. The molecule has 0 saturated carbocycles. The molecule has 32 heavy (non-hydrogen) atoms. The van der Waals surface area contributed by atoms with Crippen molar-refractivity contribution in [3.8, 4) is 11.1 Å². The van der Waals surface area contributed by atoms with Crippen molar-refractivity contribution in [1.82, 2.24) is 15.0 Å². The van der Waals surface area contributed by atoms with Crippen molar-refractivity contribution in [1.29, 1.82) is 0 Å². The Morgan fingerprint density at radius 3 is 2.81 bits per heavy atom. The lowest BCUT2D eigenvalue weighted by atomic mass is 10.0. The van der Waals surface area contributed by atoms with Crippen LogP contribution in [-0.4, -0.2) is 52.0 Å². The Kier molecular flexibility index (Phi) is 6.48. The van der Waals surface area contributed by atoms with E-state index in [9.17, 15) is 9.18 Å². The highest BCUT2D eigenvalue weighted by Gasteiger charge is 2.38. The van der Waals surface area contributed by atoms with Crippen LogP contribution in [0.5, 0.6) is 0 Å². The molecule has 1 N–H and O–H groups in total. The van der Waals surface area contributed by atoms with Gasteiger partial charge >= 0.3 is 0 Å². The minimum absolute atomic E-state index is 0.104. The Balaban J connectivity index is 1.59. The van der Waals surface area contributed by atoms with Crippen LogP contribution in [0.4, 0.5) is 4.39 Å². The average molecular weight is 459 g/mol. The lowest BCUT2D eigenvalue weighted by molar-refractivity contribution is 0.0713. The molecule has 2 aromatic carbocycles. The van der Waals surface area contributed by atoms with Crippen molar-refractivity contribution in [3.05, 3.63) is 70.6 Å². The first-order chi connectivity index (χ1) is 15.5. The number of benzene rings is 2. The number of aliphatic hydroxyl groups is 1. The fourth-order valence-corrected chi connectivity index (χ4v) is 3.90. The molecule has 10 heteroatoms. The summed E-state index contributed by atoms with van der Waals surface area (Å²) in [6.45, 7) is 0.147. The predicted molar refractivity (Wildman–Crippen MR) is 115 cm³/mol. The second-order valence-corrected chi connectivity index (χ2v) is 7.62. The molecule has 0 aliphatic carbocycles. The number of rotatable bonds is 6. The maximum Gasteiger partial charge on any atom is 0.254 e. The summed E-state index contributed by atoms with van der Waals surface area (Å²) in [6.07, 6.45) is 0.653. The monoisotopic (exact) mass is 458 g/mol. The number of amides is 1. The highest BCUT2D eigenvalue weighted by Crippen LogP contribution is 2.33. The molecular weight excluding hydrogens is 439 g/mol. The van der Waals surface area contributed by atoms with E-state index < -0.39 is 11.9 Å². The van der Waals surface area contributed by atoms with E-state index in [2.05, 4.69) is 15.3 Å². The van der Waals surface area contributed by atoms with Crippen molar-refractivity contribution in [3.63, 3.8) is 0 Å². The molecular formula is C22H20ClFN4O4. The molecule has 3 aromatic rings. The van der Waals surface area contributed by atoms with E-state index in [1.165, 1.54) is 19.2 Å². The molecule has 0 radical (unpaired) electrons. The molecule has 0 unspecified atom stereocenters. The third kappa shape index (κ3) is 4.49. The predicted octanol–water partition coefficient (Wildman–Crippen LogP) is 3.65. The van der Waals surface area contributed by atoms with Crippen LogP contribution >= 0.6 is 11.6 Å². The molecule has 1 atom stereocenters. The third-order valence-electron chi connectivity index (χ3n) is 5.12. The largest absolute Gasteiger partial charge is 0.399 e. The molecule has 2 heterocycles. The molecule has 0 bridgehead atoms. The summed E-state index contributed by atoms with van der Waals surface area (Å²) < 4.78 is 18.7. The molecule has 1 fully saturated rings. The van der Waals surface area contributed by atoms with Gasteiger partial charge in [-0.2, -0.15) is 4.98 Å². The first-order valence-electron chi connectivity index (χ1n) is 9.89. The Morgan fingerprint density at radius 2 is 2.12 bits per heavy atom. The van der Waals surface area contributed by atoms with Gasteiger partial charge in [0.25, 0.3) is 5.91 Å². The summed E-state index contributed by atoms with van der Waals surface area (Å²) in [6, 6.07) is 10.6. The number of oxime groups is 1. The molecule has 166 valence electrons. The van der Waals surface area contributed by atoms with E-state index in [0.717, 1.165) is 5.56 Å². The van der Waals surface area contributed by atoms with Crippen molar-refractivity contribution in [2.24, 2.45) is 5.16 Å². The summed E-state index contributed by atoms with van der Waals surface area (Å²) in [5, 5.41) is 17.2. The first kappa shape index (κ1) is 21.9. The van der Waals surface area contributed by atoms with Gasteiger partial charge in [0, 0.05) is 24.0 Å². The highest BCUT2D eigenvalue weighted by atomic mass is 35.5. The molecule has 1 saturated heterocycles. The smallest absolute Gasteiger partial charge is 0.254 e. The average Bonchev–Trinajstić information content (AvgIpc) is 3.41. The lowest BCUT2D eigenvalue weighted by Crippen LogP contribution is -2.31. The van der Waals surface area contributed by atoms with Gasteiger partial charge in [-0.1, -0.05) is 34.0 Å². The van der Waals surface area contributed by atoms with Crippen LogP contribution in [0.3, 0.4) is 0 Å². The molecule has 0 spiro atoms. The van der Waals surface area contributed by atoms with Gasteiger partial charge in [0.1, 0.15) is 19.0 Å². The minimum atomic E-state index is -0.498. The van der Waals surface area contributed by atoms with E-state index in [1.807, 2.05) is 0 Å². The van der Waals surface area contributed by atoms with Crippen molar-refractivity contribution < 1.29 is 23.7 Å². The van der Waals surface area contributed by atoms with Crippen molar-refractivity contribution in [2.45, 2.75) is 18.9 Å². The van der Waals surface area contributed by atoms with E-state index in [1.54, 1.807) is 35.2 Å². The van der Waals surface area contributed by atoms with Gasteiger partial charge in [-0.05, 0) is 35.9 Å². The number of aromatic nitrogens is 2. The molecule has 1 aliphatic heterocycles. The third-order valence-corrected chi connectivity index (χ3v) is 5.43. The highest BCUT2D eigenvalue weighted by molar-refractivity contribution is 6.33. The fourth-order valence-electron chi connectivity index (χ4n) is 3.62. The quantitative estimate of drug-likeness (QED) is 0.566. The number of likely N-dealkylation sites (tertiary alicyclic amines) is 1. The van der Waals surface area contributed by atoms with E-state index in [0.29, 0.717) is 34.1 Å². The van der Waals surface area contributed by atoms with Crippen molar-refractivity contribution in [2.75, 3.05) is 20.3 Å². The van der Waals surface area contributed by atoms with Gasteiger partial charge in [0.2, 0.25) is 5.89 Å². The first-order valence-corrected chi connectivity index (χ1v) is 10.3. The van der Waals surface area contributed by atoms with Gasteiger partial charge in [0.15, 0.2) is 5.82 Å². The van der Waals surface area contributed by atoms with E-state index >= 15 is 0 Å². The zero-order chi connectivity index (χ0) is 22.7. The Morgan fingerprint density at radius 1 is 1.34 bits per heavy atom. The van der Waals surface area contributed by atoms with Crippen LogP contribution in [0.2, 0.25) is 5.02 Å². The molecule has 1 amide bonds. The summed E-state index contributed by atoms with van der Waals surface area (Å²) in [7, 11) is 1.44. The Hall–Kier alpha value is -3.30. The summed E-state index contributed by atoms with van der Waals surface area (Å²) >= 11 is 6.15. The van der Waals surface area contributed by atoms with Crippen LogP contribution in [0.15, 0.2) is 52.1 Å². The second kappa shape index (κ2) is 9.46. The molecule has 1 aliphatic rings. The Labute approximate surface area is 188 Å². The summed E-state index contributed by atoms with van der Waals surface area (Å²) in [5.41, 5.74) is 2.55. The summed E-state index contributed by atoms with van der Waals surface area (Å²) in [5.74, 6) is -0.0114. The van der Waals surface area contributed by atoms with Gasteiger partial charge in [-0.3, -0.25) is 4.79 Å². The molecule has 1 aromatic heterocycles. The summed E-state index contributed by atoms with van der Waals surface area (Å²) in [4.78, 5) is 24.1. The van der Waals surface area contributed by atoms with Crippen LogP contribution in [0, 0.1) is 5.82 Å². The molecule has 8 nitrogen and oxygen atoms in total. The number of aliphatic hydroxyl groups excluding tert-OH is 1. The van der Waals surface area contributed by atoms with Crippen molar-refractivity contribution >= 4 is 23.2 Å². The van der Waals surface area contributed by atoms with Crippen LogP contribution in [-0.2, 0) is 11.3 Å². The normalized spacial score (nSPS) is 17.2. The number of hydrogen-bond acceptors (Lipinski definition) is 7. The maximum atomic E-state index is 13.3. The van der Waals surface area contributed by atoms with E-state index in [-0.39, 0.29) is 31.4 Å². The number of carbonyl (C=O) groups is 1. The number of hydrogen-bond donors (Lipinski definition) is 1. The topological polar surface area (TPSA) is 101 Å².